The Kier molecular flexibility index (Phi) is 12.1. The second-order valence-electron chi connectivity index (χ2n) is 5.75. The molecule has 5 nitrogen and oxygen atoms in total. The van der Waals surface area contributed by atoms with Gasteiger partial charge in [0.15, 0.2) is 5.96 Å². The van der Waals surface area contributed by atoms with Crippen LogP contribution in [-0.4, -0.2) is 45.5 Å². The van der Waals surface area contributed by atoms with Gasteiger partial charge in [-0.2, -0.15) is 0 Å². The molecular weight excluding hydrogens is 496 g/mol. The van der Waals surface area contributed by atoms with E-state index >= 15 is 0 Å². The van der Waals surface area contributed by atoms with Crippen molar-refractivity contribution in [2.75, 3.05) is 25.1 Å². The highest BCUT2D eigenvalue weighted by Gasteiger charge is 2.09. The Labute approximate surface area is 177 Å². The van der Waals surface area contributed by atoms with Gasteiger partial charge in [-0.15, -0.1) is 24.0 Å². The molecule has 0 amide bonds. The zero-order valence-corrected chi connectivity index (χ0v) is 19.3. The molecule has 0 saturated heterocycles. The fraction of sp³-hybridized carbons (Fsp3) is 0.562. The molecule has 0 heterocycles. The van der Waals surface area contributed by atoms with Crippen LogP contribution in [0.25, 0.3) is 0 Å². The van der Waals surface area contributed by atoms with Crippen molar-refractivity contribution in [1.82, 2.24) is 10.6 Å². The largest absolute Gasteiger partial charge is 0.357 e. The lowest BCUT2D eigenvalue weighted by Crippen LogP contribution is -2.43. The molecule has 0 aliphatic heterocycles. The van der Waals surface area contributed by atoms with Gasteiger partial charge < -0.3 is 10.6 Å². The minimum atomic E-state index is -2.95. The molecule has 0 aliphatic carbocycles. The van der Waals surface area contributed by atoms with Crippen LogP contribution < -0.4 is 10.6 Å². The molecule has 1 aromatic rings. The Balaban J connectivity index is 0.00000576. The van der Waals surface area contributed by atoms with Gasteiger partial charge in [0.1, 0.15) is 9.84 Å². The highest BCUT2D eigenvalue weighted by atomic mass is 127. The van der Waals surface area contributed by atoms with Crippen LogP contribution in [0, 0.1) is 0 Å². The first-order chi connectivity index (χ1) is 11.2. The molecule has 0 bridgehead atoms. The molecule has 0 radical (unpaired) electrons. The average molecular weight is 522 g/mol. The standard InChI is InChI=1S/C16H25Cl2N3O2S.HI/c1-4-19-16(21-12(2)6-8-24(3,22)23)20-7-5-13-9-14(17)11-15(18)10-13;/h9-12H,4-8H2,1-3H3,(H2,19,20,21);1H. The molecule has 0 aliphatic rings. The van der Waals surface area contributed by atoms with Crippen molar-refractivity contribution < 1.29 is 8.42 Å². The lowest BCUT2D eigenvalue weighted by Gasteiger charge is -2.17. The first-order valence-corrected chi connectivity index (χ1v) is 10.7. The third-order valence-corrected chi connectivity index (χ3v) is 4.66. The van der Waals surface area contributed by atoms with Gasteiger partial charge in [-0.05, 0) is 50.5 Å². The molecule has 1 rings (SSSR count). The second kappa shape index (κ2) is 12.2. The van der Waals surface area contributed by atoms with Crippen LogP contribution in [-0.2, 0) is 16.3 Å². The fourth-order valence-electron chi connectivity index (χ4n) is 2.07. The van der Waals surface area contributed by atoms with Gasteiger partial charge >= 0.3 is 0 Å². The van der Waals surface area contributed by atoms with E-state index in [1.54, 1.807) is 6.07 Å². The Hall–Kier alpha value is -0.250. The summed E-state index contributed by atoms with van der Waals surface area (Å²) < 4.78 is 22.5. The van der Waals surface area contributed by atoms with Gasteiger partial charge in [-0.1, -0.05) is 23.2 Å². The summed E-state index contributed by atoms with van der Waals surface area (Å²) in [6.45, 7) is 5.22. The molecule has 9 heteroatoms. The van der Waals surface area contributed by atoms with E-state index in [-0.39, 0.29) is 35.8 Å². The smallest absolute Gasteiger partial charge is 0.191 e. The molecule has 2 N–H and O–H groups in total. The summed E-state index contributed by atoms with van der Waals surface area (Å²) in [5.74, 6) is 0.827. The number of rotatable bonds is 8. The van der Waals surface area contributed by atoms with Crippen LogP contribution in [0.3, 0.4) is 0 Å². The van der Waals surface area contributed by atoms with Crippen molar-refractivity contribution in [3.05, 3.63) is 33.8 Å². The van der Waals surface area contributed by atoms with Crippen molar-refractivity contribution in [3.8, 4) is 0 Å². The van der Waals surface area contributed by atoms with Gasteiger partial charge in [0.05, 0.1) is 5.75 Å². The van der Waals surface area contributed by atoms with Crippen molar-refractivity contribution in [1.29, 1.82) is 0 Å². The number of aliphatic imine (C=N–C) groups is 1. The molecule has 0 spiro atoms. The third-order valence-electron chi connectivity index (χ3n) is 3.24. The maximum absolute atomic E-state index is 11.2. The molecule has 25 heavy (non-hydrogen) atoms. The number of guanidine groups is 1. The maximum atomic E-state index is 11.2. The quantitative estimate of drug-likeness (QED) is 0.312. The van der Waals surface area contributed by atoms with E-state index in [9.17, 15) is 8.42 Å². The number of halogens is 3. The Morgan fingerprint density at radius 1 is 1.24 bits per heavy atom. The molecule has 0 saturated carbocycles. The Morgan fingerprint density at radius 2 is 1.84 bits per heavy atom. The van der Waals surface area contributed by atoms with E-state index in [2.05, 4.69) is 15.6 Å². The predicted octanol–water partition coefficient (Wildman–Crippen LogP) is 3.53. The lowest BCUT2D eigenvalue weighted by atomic mass is 10.1. The molecule has 0 fully saturated rings. The number of nitrogens with zero attached hydrogens (tertiary/aromatic N) is 1. The summed E-state index contributed by atoms with van der Waals surface area (Å²) in [7, 11) is -2.95. The summed E-state index contributed by atoms with van der Waals surface area (Å²) in [6, 6.07) is 5.46. The van der Waals surface area contributed by atoms with Crippen LogP contribution in [0.5, 0.6) is 0 Å². The van der Waals surface area contributed by atoms with Crippen molar-refractivity contribution in [2.24, 2.45) is 4.99 Å². The third kappa shape index (κ3) is 11.9. The summed E-state index contributed by atoms with van der Waals surface area (Å²) in [6.07, 6.45) is 2.50. The number of hydrogen-bond donors (Lipinski definition) is 2. The van der Waals surface area contributed by atoms with E-state index in [1.165, 1.54) is 6.26 Å². The zero-order valence-electron chi connectivity index (χ0n) is 14.7. The molecule has 1 atom stereocenters. The van der Waals surface area contributed by atoms with Gasteiger partial charge in [0.2, 0.25) is 0 Å². The number of sulfone groups is 1. The zero-order chi connectivity index (χ0) is 18.2. The van der Waals surface area contributed by atoms with E-state index in [1.807, 2.05) is 26.0 Å². The number of benzene rings is 1. The molecule has 1 aromatic carbocycles. The normalized spacial score (nSPS) is 13.1. The van der Waals surface area contributed by atoms with E-state index in [0.717, 1.165) is 12.1 Å². The fourth-order valence-corrected chi connectivity index (χ4v) is 3.42. The predicted molar refractivity (Wildman–Crippen MR) is 118 cm³/mol. The van der Waals surface area contributed by atoms with Crippen LogP contribution in [0.4, 0.5) is 0 Å². The van der Waals surface area contributed by atoms with Crippen molar-refractivity contribution in [2.45, 2.75) is 32.7 Å². The highest BCUT2D eigenvalue weighted by Crippen LogP contribution is 2.19. The van der Waals surface area contributed by atoms with Crippen LogP contribution >= 0.6 is 47.2 Å². The van der Waals surface area contributed by atoms with Crippen LogP contribution in [0.1, 0.15) is 25.8 Å². The van der Waals surface area contributed by atoms with Crippen molar-refractivity contribution in [3.63, 3.8) is 0 Å². The first-order valence-electron chi connectivity index (χ1n) is 7.87. The molecule has 1 unspecified atom stereocenters. The second-order valence-corrected chi connectivity index (χ2v) is 8.88. The van der Waals surface area contributed by atoms with Gasteiger partial charge in [-0.3, -0.25) is 4.99 Å². The Morgan fingerprint density at radius 3 is 2.36 bits per heavy atom. The topological polar surface area (TPSA) is 70.6 Å². The first kappa shape index (κ1) is 24.8. The summed E-state index contributed by atoms with van der Waals surface area (Å²) >= 11 is 12.0. The minimum Gasteiger partial charge on any atom is -0.357 e. The van der Waals surface area contributed by atoms with Crippen LogP contribution in [0.2, 0.25) is 10.0 Å². The van der Waals surface area contributed by atoms with E-state index in [0.29, 0.717) is 35.4 Å². The maximum Gasteiger partial charge on any atom is 0.191 e. The molecule has 0 aromatic heterocycles. The Bertz CT molecular complexity index is 649. The average Bonchev–Trinajstić information content (AvgIpc) is 2.43. The summed E-state index contributed by atoms with van der Waals surface area (Å²) in [5, 5.41) is 7.60. The molecule has 144 valence electrons. The monoisotopic (exact) mass is 521 g/mol. The van der Waals surface area contributed by atoms with Gasteiger partial charge in [-0.25, -0.2) is 8.42 Å². The number of hydrogen-bond acceptors (Lipinski definition) is 3. The highest BCUT2D eigenvalue weighted by molar-refractivity contribution is 14.0. The summed E-state index contributed by atoms with van der Waals surface area (Å²) in [5.41, 5.74) is 1.03. The number of nitrogens with one attached hydrogen (secondary N) is 2. The van der Waals surface area contributed by atoms with Crippen LogP contribution in [0.15, 0.2) is 23.2 Å². The van der Waals surface area contributed by atoms with Crippen molar-refractivity contribution >= 4 is 63.0 Å². The SMILES string of the molecule is CCNC(=NCCc1cc(Cl)cc(Cl)c1)NC(C)CCS(C)(=O)=O.I. The van der Waals surface area contributed by atoms with E-state index in [4.69, 9.17) is 23.2 Å². The molecular formula is C16H26Cl2IN3O2S. The minimum absolute atomic E-state index is 0. The van der Waals surface area contributed by atoms with Gasteiger partial charge in [0.25, 0.3) is 0 Å². The van der Waals surface area contributed by atoms with E-state index < -0.39 is 9.84 Å². The lowest BCUT2D eigenvalue weighted by molar-refractivity contribution is 0.581. The summed E-state index contributed by atoms with van der Waals surface area (Å²) in [4.78, 5) is 4.51. The van der Waals surface area contributed by atoms with Gasteiger partial charge in [0, 0.05) is 35.4 Å².